The van der Waals surface area contributed by atoms with Crippen molar-refractivity contribution in [2.45, 2.75) is 341 Å². The molecule has 0 saturated heterocycles. The van der Waals surface area contributed by atoms with Gasteiger partial charge >= 0.3 is 17.9 Å². The first kappa shape index (κ1) is 72.8. The predicted octanol–water partition coefficient (Wildman–Crippen LogP) is 22.5. The molecule has 0 bridgehead atoms. The fourth-order valence-electron chi connectivity index (χ4n) is 9.48. The third-order valence-corrected chi connectivity index (χ3v) is 14.4. The third-order valence-electron chi connectivity index (χ3n) is 14.4. The van der Waals surface area contributed by atoms with Crippen LogP contribution < -0.4 is 0 Å². The number of ether oxygens (including phenoxy) is 3. The van der Waals surface area contributed by atoms with E-state index in [1.54, 1.807) is 0 Å². The summed E-state index contributed by atoms with van der Waals surface area (Å²) in [5.41, 5.74) is 0. The maximum absolute atomic E-state index is 12.9. The number of esters is 3. The van der Waals surface area contributed by atoms with Gasteiger partial charge in [0, 0.05) is 19.3 Å². The highest BCUT2D eigenvalue weighted by Crippen LogP contribution is 2.17. The summed E-state index contributed by atoms with van der Waals surface area (Å²) in [6.07, 6.45) is 83.4. The molecule has 0 N–H and O–H groups in total. The van der Waals surface area contributed by atoms with Crippen LogP contribution in [0.3, 0.4) is 0 Å². The fraction of sp³-hybridized carbons (Fsp3) is 0.786. The molecule has 76 heavy (non-hydrogen) atoms. The van der Waals surface area contributed by atoms with Gasteiger partial charge in [0.1, 0.15) is 13.2 Å². The zero-order valence-electron chi connectivity index (χ0n) is 50.5. The normalized spacial score (nSPS) is 12.5. The Hall–Kier alpha value is -3.15. The van der Waals surface area contributed by atoms with Crippen LogP contribution in [-0.4, -0.2) is 37.2 Å². The molecule has 0 saturated carbocycles. The highest BCUT2D eigenvalue weighted by molar-refractivity contribution is 5.71. The van der Waals surface area contributed by atoms with Gasteiger partial charge in [0.2, 0.25) is 0 Å². The molecule has 440 valence electrons. The van der Waals surface area contributed by atoms with Crippen LogP contribution in [0.15, 0.2) is 72.9 Å². The van der Waals surface area contributed by atoms with Crippen molar-refractivity contribution in [3.05, 3.63) is 72.9 Å². The number of carbonyl (C=O) groups excluding carboxylic acids is 3. The number of hydrogen-bond donors (Lipinski definition) is 0. The van der Waals surface area contributed by atoms with Crippen molar-refractivity contribution in [3.63, 3.8) is 0 Å². The molecule has 0 aromatic heterocycles. The van der Waals surface area contributed by atoms with E-state index < -0.39 is 6.10 Å². The van der Waals surface area contributed by atoms with Crippen LogP contribution in [0, 0.1) is 0 Å². The Balaban J connectivity index is 4.27. The van der Waals surface area contributed by atoms with Crippen LogP contribution in [0.5, 0.6) is 0 Å². The van der Waals surface area contributed by atoms with E-state index in [0.29, 0.717) is 19.3 Å². The van der Waals surface area contributed by atoms with Crippen molar-refractivity contribution < 1.29 is 28.6 Å². The van der Waals surface area contributed by atoms with Crippen molar-refractivity contribution in [3.8, 4) is 0 Å². The topological polar surface area (TPSA) is 78.9 Å². The summed E-state index contributed by atoms with van der Waals surface area (Å²) < 4.78 is 16.9. The minimum atomic E-state index is -0.781. The van der Waals surface area contributed by atoms with E-state index in [-0.39, 0.29) is 31.1 Å². The molecule has 0 aromatic rings. The number of hydrogen-bond acceptors (Lipinski definition) is 6. The van der Waals surface area contributed by atoms with E-state index in [1.165, 1.54) is 205 Å². The van der Waals surface area contributed by atoms with Crippen molar-refractivity contribution in [2.75, 3.05) is 13.2 Å². The second kappa shape index (κ2) is 64.4. The molecule has 6 heteroatoms. The van der Waals surface area contributed by atoms with Gasteiger partial charge in [-0.05, 0) is 109 Å². The quantitative estimate of drug-likeness (QED) is 0.0261. The molecule has 0 rings (SSSR count). The van der Waals surface area contributed by atoms with Gasteiger partial charge in [0.15, 0.2) is 6.10 Å². The Morgan fingerprint density at radius 2 is 0.513 bits per heavy atom. The van der Waals surface area contributed by atoms with Gasteiger partial charge in [-0.15, -0.1) is 0 Å². The van der Waals surface area contributed by atoms with Crippen LogP contribution in [0.25, 0.3) is 0 Å². The van der Waals surface area contributed by atoms with Gasteiger partial charge in [-0.2, -0.15) is 0 Å². The molecular weight excluding hydrogens is 937 g/mol. The highest BCUT2D eigenvalue weighted by atomic mass is 16.6. The van der Waals surface area contributed by atoms with Gasteiger partial charge in [0.25, 0.3) is 0 Å². The first-order valence-corrected chi connectivity index (χ1v) is 32.9. The number of rotatable bonds is 60. The summed E-state index contributed by atoms with van der Waals surface area (Å²) in [5, 5.41) is 0. The molecule has 1 unspecified atom stereocenters. The Bertz CT molecular complexity index is 1400. The predicted molar refractivity (Wildman–Crippen MR) is 330 cm³/mol. The lowest BCUT2D eigenvalue weighted by atomic mass is 10.0. The van der Waals surface area contributed by atoms with Gasteiger partial charge in [-0.3, -0.25) is 14.4 Å². The maximum Gasteiger partial charge on any atom is 0.306 e. The van der Waals surface area contributed by atoms with Gasteiger partial charge in [-0.1, -0.05) is 280 Å². The van der Waals surface area contributed by atoms with E-state index in [9.17, 15) is 14.4 Å². The first-order valence-electron chi connectivity index (χ1n) is 32.9. The highest BCUT2D eigenvalue weighted by Gasteiger charge is 2.19. The smallest absolute Gasteiger partial charge is 0.306 e. The van der Waals surface area contributed by atoms with Crippen LogP contribution in [0.4, 0.5) is 0 Å². The number of allylic oxidation sites excluding steroid dienone is 12. The lowest BCUT2D eigenvalue weighted by Crippen LogP contribution is -2.30. The number of carbonyl (C=O) groups is 3. The molecule has 0 radical (unpaired) electrons. The molecular formula is C70H124O6. The molecule has 0 spiro atoms. The Labute approximate surface area is 472 Å². The molecule has 0 aliphatic heterocycles. The van der Waals surface area contributed by atoms with Crippen molar-refractivity contribution >= 4 is 17.9 Å². The molecule has 0 fully saturated rings. The lowest BCUT2D eigenvalue weighted by Gasteiger charge is -2.18. The first-order chi connectivity index (χ1) is 37.5. The average molecular weight is 1060 g/mol. The largest absolute Gasteiger partial charge is 0.462 e. The monoisotopic (exact) mass is 1060 g/mol. The Kier molecular flexibility index (Phi) is 61.7. The third kappa shape index (κ3) is 61.7. The minimum absolute atomic E-state index is 0.0773. The summed E-state index contributed by atoms with van der Waals surface area (Å²) in [7, 11) is 0. The van der Waals surface area contributed by atoms with Crippen LogP contribution >= 0.6 is 0 Å². The Morgan fingerprint density at radius 3 is 0.816 bits per heavy atom. The van der Waals surface area contributed by atoms with E-state index >= 15 is 0 Å². The van der Waals surface area contributed by atoms with Crippen molar-refractivity contribution in [1.82, 2.24) is 0 Å². The molecule has 0 aliphatic rings. The standard InChI is InChI=1S/C70H124O6/c1-4-7-10-13-16-19-22-25-28-30-31-32-33-34-35-36-37-38-39-41-42-45-48-51-54-57-60-63-69(72)75-66-67(65-74-68(71)62-59-56-53-50-47-44-27-24-21-18-15-12-9-6-3)76-70(73)64-61-58-55-52-49-46-43-40-29-26-23-20-17-14-11-8-5-2/h7,10,16,19,24-29,31-32,67H,4-6,8-9,11-15,17-18,20-23,30,33-66H2,1-3H3/b10-7-,19-16-,27-24-,28-25-,29-26-,32-31-. The van der Waals surface area contributed by atoms with Crippen LogP contribution in [0.2, 0.25) is 0 Å². The van der Waals surface area contributed by atoms with Gasteiger partial charge in [0.05, 0.1) is 0 Å². The van der Waals surface area contributed by atoms with Crippen molar-refractivity contribution in [2.24, 2.45) is 0 Å². The zero-order valence-corrected chi connectivity index (χ0v) is 50.5. The molecule has 0 amide bonds. The summed E-state index contributed by atoms with van der Waals surface area (Å²) in [4.78, 5) is 38.3. The molecule has 0 heterocycles. The Morgan fingerprint density at radius 1 is 0.276 bits per heavy atom. The fourth-order valence-corrected chi connectivity index (χ4v) is 9.48. The van der Waals surface area contributed by atoms with E-state index in [4.69, 9.17) is 14.2 Å². The average Bonchev–Trinajstić information content (AvgIpc) is 3.42. The van der Waals surface area contributed by atoms with E-state index in [0.717, 1.165) is 89.9 Å². The molecule has 1 atom stereocenters. The summed E-state index contributed by atoms with van der Waals surface area (Å²) in [5.74, 6) is -0.874. The minimum Gasteiger partial charge on any atom is -0.462 e. The molecule has 6 nitrogen and oxygen atoms in total. The SMILES string of the molecule is CC/C=C\C/C=C\C/C=C\C/C=C\CCCCCCCCCCCCCCCCC(=O)OCC(COC(=O)CCCCCCC/C=C\CCCCCCC)OC(=O)CCCCCCCCC/C=C\CCCCCCCC. The molecule has 0 aliphatic carbocycles. The van der Waals surface area contributed by atoms with Gasteiger partial charge < -0.3 is 14.2 Å². The summed E-state index contributed by atoms with van der Waals surface area (Å²) in [6, 6.07) is 0. The number of unbranched alkanes of at least 4 members (excludes halogenated alkanes) is 37. The lowest BCUT2D eigenvalue weighted by molar-refractivity contribution is -0.167. The van der Waals surface area contributed by atoms with Gasteiger partial charge in [-0.25, -0.2) is 0 Å². The zero-order chi connectivity index (χ0) is 55.0. The second-order valence-corrected chi connectivity index (χ2v) is 22.0. The van der Waals surface area contributed by atoms with E-state index in [1.807, 2.05) is 0 Å². The summed E-state index contributed by atoms with van der Waals surface area (Å²) in [6.45, 7) is 6.54. The van der Waals surface area contributed by atoms with Crippen LogP contribution in [-0.2, 0) is 28.6 Å². The second-order valence-electron chi connectivity index (χ2n) is 22.0. The van der Waals surface area contributed by atoms with Crippen LogP contribution in [0.1, 0.15) is 335 Å². The summed E-state index contributed by atoms with van der Waals surface area (Å²) >= 11 is 0. The van der Waals surface area contributed by atoms with Crippen molar-refractivity contribution in [1.29, 1.82) is 0 Å². The molecule has 0 aromatic carbocycles. The van der Waals surface area contributed by atoms with E-state index in [2.05, 4.69) is 93.7 Å². The maximum atomic E-state index is 12.9.